The van der Waals surface area contributed by atoms with Crippen molar-refractivity contribution in [2.45, 2.75) is 336 Å². The first-order valence-corrected chi connectivity index (χ1v) is 34.6. The van der Waals surface area contributed by atoms with Gasteiger partial charge in [0.1, 0.15) is 0 Å². The lowest BCUT2D eigenvalue weighted by Crippen LogP contribution is -1.95. The third-order valence-electron chi connectivity index (χ3n) is 16.9. The van der Waals surface area contributed by atoms with E-state index in [0.717, 1.165) is 62.2 Å². The predicted octanol–water partition coefficient (Wildman–Crippen LogP) is 30.3. The molecule has 0 radical (unpaired) electrons. The molecule has 0 amide bonds. The van der Waals surface area contributed by atoms with Crippen molar-refractivity contribution in [3.8, 4) is 0 Å². The van der Waals surface area contributed by atoms with Gasteiger partial charge in [0, 0.05) is 0 Å². The number of hydrogen-bond donors (Lipinski definition) is 0. The molecular weight excluding hydrogens is 1020 g/mol. The van der Waals surface area contributed by atoms with Gasteiger partial charge in [-0.1, -0.05) is 244 Å². The van der Waals surface area contributed by atoms with Crippen molar-refractivity contribution in [1.29, 1.82) is 0 Å². The zero-order chi connectivity index (χ0) is 66.3. The van der Waals surface area contributed by atoms with Gasteiger partial charge in [-0.2, -0.15) is 0 Å². The van der Waals surface area contributed by atoms with E-state index in [1.165, 1.54) is 180 Å². The fraction of sp³-hybridized carbons (Fsp3) is 0.647. The summed E-state index contributed by atoms with van der Waals surface area (Å²) in [5, 5.41) is 0. The molecule has 0 saturated heterocycles. The van der Waals surface area contributed by atoms with Crippen LogP contribution in [-0.2, 0) is 0 Å². The second-order valence-electron chi connectivity index (χ2n) is 26.8. The first kappa shape index (κ1) is 89.8. The van der Waals surface area contributed by atoms with E-state index < -0.39 is 0 Å². The summed E-state index contributed by atoms with van der Waals surface area (Å²) in [5.74, 6) is 3.60. The van der Waals surface area contributed by atoms with Gasteiger partial charge in [-0.3, -0.25) is 0 Å². The highest BCUT2D eigenvalue weighted by Crippen LogP contribution is 2.21. The summed E-state index contributed by atoms with van der Waals surface area (Å²) in [5.41, 5.74) is 22.2. The molecule has 0 aromatic rings. The van der Waals surface area contributed by atoms with Crippen molar-refractivity contribution >= 4 is 0 Å². The van der Waals surface area contributed by atoms with Gasteiger partial charge >= 0.3 is 0 Å². The van der Waals surface area contributed by atoms with Crippen molar-refractivity contribution in [3.05, 3.63) is 175 Å². The Hall–Kier alpha value is -3.90. The lowest BCUT2D eigenvalue weighted by atomic mass is 9.95. The zero-order valence-electron chi connectivity index (χ0n) is 63.0. The molecular formula is C85H150. The Bertz CT molecular complexity index is 1880. The Balaban J connectivity index is -0.000000314. The van der Waals surface area contributed by atoms with E-state index in [-0.39, 0.29) is 0 Å². The fourth-order valence-electron chi connectivity index (χ4n) is 8.37. The minimum Gasteiger partial charge on any atom is -0.0996 e. The Kier molecular flexibility index (Phi) is 63.8. The quantitative estimate of drug-likeness (QED) is 0.0549. The van der Waals surface area contributed by atoms with E-state index >= 15 is 0 Å². The summed E-state index contributed by atoms with van der Waals surface area (Å²) >= 11 is 0. The maximum absolute atomic E-state index is 4.17. The molecule has 85 heavy (non-hydrogen) atoms. The summed E-state index contributed by atoms with van der Waals surface area (Å²) in [6.45, 7) is 68.7. The second kappa shape index (κ2) is 60.4. The van der Waals surface area contributed by atoms with E-state index in [1.807, 2.05) is 0 Å². The van der Waals surface area contributed by atoms with E-state index in [9.17, 15) is 0 Å². The average Bonchev–Trinajstić information content (AvgIpc) is 3.44. The molecule has 0 spiro atoms. The SMILES string of the molecule is C=C(CC/C=C(\C)CCC=C(C)C)C(C)CC.CCC(C)/C(C)=C/C/C=C(/C)CCC=C(C)C.CCC(C)/C(C)=C/C/C=C(\C)CCC=C(C)C.CCC(C)/C(C)=C\C/C=C(/C)CCC=C(C)C.CCC(C)/C(C)=C\C/C=C(\C)CCC=C(C)C. The van der Waals surface area contributed by atoms with Crippen LogP contribution in [0.2, 0.25) is 0 Å². The lowest BCUT2D eigenvalue weighted by Gasteiger charge is -2.11. The summed E-state index contributed by atoms with van der Waals surface area (Å²) in [6, 6.07) is 0. The number of hydrogen-bond acceptors (Lipinski definition) is 0. The maximum atomic E-state index is 4.17. The summed E-state index contributed by atoms with van der Waals surface area (Å²) in [6.07, 6.45) is 57.7. The van der Waals surface area contributed by atoms with Crippen LogP contribution in [-0.4, -0.2) is 0 Å². The van der Waals surface area contributed by atoms with Crippen molar-refractivity contribution in [1.82, 2.24) is 0 Å². The van der Waals surface area contributed by atoms with Gasteiger partial charge in [0.2, 0.25) is 0 Å². The summed E-state index contributed by atoms with van der Waals surface area (Å²) in [4.78, 5) is 0. The zero-order valence-corrected chi connectivity index (χ0v) is 63.0. The van der Waals surface area contributed by atoms with E-state index in [1.54, 1.807) is 0 Å². The molecule has 0 saturated carbocycles. The molecule has 0 aliphatic heterocycles. The molecule has 0 aromatic carbocycles. The molecule has 0 nitrogen and oxygen atoms in total. The molecule has 0 rings (SSSR count). The standard InChI is InChI=1S/5C17H30/c5*1-7-16(5)17(6)13-9-12-15(4)11-8-10-14(2)3/h4*10,12-13,16H,7-9,11H2,1-6H3;10,12,16H,6-9,11,13H2,1-5H3/b15-12+,17-13+;15-12+,17-13-;15-12-,17-13+;15-12-,17-13-;15-12+. The van der Waals surface area contributed by atoms with Gasteiger partial charge in [0.05, 0.1) is 0 Å². The summed E-state index contributed by atoms with van der Waals surface area (Å²) in [7, 11) is 0. The van der Waals surface area contributed by atoms with E-state index in [0.29, 0.717) is 5.92 Å². The third-order valence-corrected chi connectivity index (χ3v) is 16.9. The average molecular weight is 1170 g/mol. The van der Waals surface area contributed by atoms with Crippen LogP contribution in [0.3, 0.4) is 0 Å². The first-order chi connectivity index (χ1) is 39.8. The molecule has 0 aliphatic rings. The highest BCUT2D eigenvalue weighted by molar-refractivity contribution is 5.13. The smallest absolute Gasteiger partial charge is 0.0164 e. The van der Waals surface area contributed by atoms with Crippen molar-refractivity contribution < 1.29 is 0 Å². The molecule has 0 heteroatoms. The van der Waals surface area contributed by atoms with Gasteiger partial charge in [-0.25, -0.2) is 0 Å². The molecule has 0 bridgehead atoms. The van der Waals surface area contributed by atoms with Crippen LogP contribution in [0.15, 0.2) is 175 Å². The maximum Gasteiger partial charge on any atom is -0.0164 e. The molecule has 0 aliphatic carbocycles. The molecule has 0 fully saturated rings. The van der Waals surface area contributed by atoms with E-state index in [2.05, 4.69) is 292 Å². The van der Waals surface area contributed by atoms with Crippen LogP contribution in [0.25, 0.3) is 0 Å². The van der Waals surface area contributed by atoms with Crippen molar-refractivity contribution in [2.75, 3.05) is 0 Å². The fourth-order valence-corrected chi connectivity index (χ4v) is 8.37. The van der Waals surface area contributed by atoms with Crippen molar-refractivity contribution in [3.63, 3.8) is 0 Å². The largest absolute Gasteiger partial charge is 0.0996 e. The van der Waals surface area contributed by atoms with Gasteiger partial charge in [-0.15, -0.1) is 0 Å². The van der Waals surface area contributed by atoms with Crippen LogP contribution in [0.4, 0.5) is 0 Å². The minimum absolute atomic E-state index is 0.675. The normalized spacial score (nSPS) is 14.4. The van der Waals surface area contributed by atoms with Crippen LogP contribution in [0.1, 0.15) is 336 Å². The Morgan fingerprint density at radius 1 is 0.235 bits per heavy atom. The van der Waals surface area contributed by atoms with Gasteiger partial charge in [-0.05, 0) is 296 Å². The van der Waals surface area contributed by atoms with Gasteiger partial charge < -0.3 is 0 Å². The number of rotatable bonds is 36. The minimum atomic E-state index is 0.675. The van der Waals surface area contributed by atoms with Gasteiger partial charge in [0.15, 0.2) is 0 Å². The highest BCUT2D eigenvalue weighted by Gasteiger charge is 2.04. The number of allylic oxidation sites excluding steroid dienone is 29. The Labute approximate surface area is 537 Å². The van der Waals surface area contributed by atoms with E-state index in [4.69, 9.17) is 0 Å². The van der Waals surface area contributed by atoms with Crippen LogP contribution >= 0.6 is 0 Å². The Morgan fingerprint density at radius 2 is 0.412 bits per heavy atom. The molecule has 0 N–H and O–H groups in total. The monoisotopic (exact) mass is 1170 g/mol. The molecule has 0 heterocycles. The summed E-state index contributed by atoms with van der Waals surface area (Å²) < 4.78 is 0. The van der Waals surface area contributed by atoms with Crippen LogP contribution < -0.4 is 0 Å². The van der Waals surface area contributed by atoms with Crippen LogP contribution in [0, 0.1) is 29.6 Å². The lowest BCUT2D eigenvalue weighted by molar-refractivity contribution is 0.627. The van der Waals surface area contributed by atoms with Crippen molar-refractivity contribution in [2.24, 2.45) is 29.6 Å². The molecule has 490 valence electrons. The predicted molar refractivity (Wildman–Crippen MR) is 401 cm³/mol. The molecule has 0 aromatic heterocycles. The third kappa shape index (κ3) is 65.9. The topological polar surface area (TPSA) is 0 Å². The molecule has 5 unspecified atom stereocenters. The first-order valence-electron chi connectivity index (χ1n) is 34.6. The Morgan fingerprint density at radius 3 is 0.588 bits per heavy atom. The van der Waals surface area contributed by atoms with Crippen LogP contribution in [0.5, 0.6) is 0 Å². The van der Waals surface area contributed by atoms with Gasteiger partial charge in [0.25, 0.3) is 0 Å². The highest BCUT2D eigenvalue weighted by atomic mass is 14.1. The molecule has 5 atom stereocenters. The second-order valence-corrected chi connectivity index (χ2v) is 26.8.